The van der Waals surface area contributed by atoms with Crippen LogP contribution in [0.2, 0.25) is 0 Å². The van der Waals surface area contributed by atoms with Crippen LogP contribution in [-0.4, -0.2) is 20.4 Å². The van der Waals surface area contributed by atoms with Gasteiger partial charge in [0.15, 0.2) is 0 Å². The van der Waals surface area contributed by atoms with Gasteiger partial charge >= 0.3 is 0 Å². The number of rotatable bonds is 6. The highest BCUT2D eigenvalue weighted by atomic mass is 79.9. The Hall–Kier alpha value is -4.68. The molecule has 0 amide bonds. The van der Waals surface area contributed by atoms with E-state index in [4.69, 9.17) is 0 Å². The van der Waals surface area contributed by atoms with Crippen molar-refractivity contribution in [1.29, 1.82) is 0 Å². The zero-order chi connectivity index (χ0) is 25.7. The fourth-order valence-electron chi connectivity index (χ4n) is 4.33. The first-order valence-electron chi connectivity index (χ1n) is 12.2. The number of halogens is 1. The quantitative estimate of drug-likeness (QED) is 0.206. The third kappa shape index (κ3) is 5.08. The Labute approximate surface area is 229 Å². The van der Waals surface area contributed by atoms with Crippen molar-refractivity contribution < 1.29 is 0 Å². The molecule has 0 aliphatic rings. The number of hydrogen-bond donors (Lipinski definition) is 0. The van der Waals surface area contributed by atoms with Gasteiger partial charge in [0.05, 0.1) is 0 Å². The first-order chi connectivity index (χ1) is 18.7. The van der Waals surface area contributed by atoms with Gasteiger partial charge in [0.1, 0.15) is 0 Å². The lowest BCUT2D eigenvalue weighted by atomic mass is 10.0. The minimum Gasteiger partial charge on any atom is -0.311 e. The van der Waals surface area contributed by atoms with E-state index in [0.29, 0.717) is 11.6 Å². The van der Waals surface area contributed by atoms with Crippen molar-refractivity contribution in [2.24, 2.45) is 0 Å². The summed E-state index contributed by atoms with van der Waals surface area (Å²) in [6.07, 6.45) is 0. The molecule has 1 aromatic heterocycles. The summed E-state index contributed by atoms with van der Waals surface area (Å²) in [4.78, 5) is 2.25. The Balaban J connectivity index is 1.28. The van der Waals surface area contributed by atoms with Crippen LogP contribution in [-0.2, 0) is 0 Å². The average Bonchev–Trinajstić information content (AvgIpc) is 2.99. The second kappa shape index (κ2) is 10.7. The van der Waals surface area contributed by atoms with Crippen LogP contribution in [0.3, 0.4) is 0 Å². The van der Waals surface area contributed by atoms with E-state index in [2.05, 4.69) is 126 Å². The molecule has 0 atom stereocenters. The van der Waals surface area contributed by atoms with E-state index in [-0.39, 0.29) is 0 Å². The van der Waals surface area contributed by atoms with E-state index in [0.717, 1.165) is 43.8 Å². The molecule has 0 unspecified atom stereocenters. The predicted octanol–water partition coefficient (Wildman–Crippen LogP) is 8.50. The van der Waals surface area contributed by atoms with E-state index in [1.807, 2.05) is 48.5 Å². The Bertz CT molecular complexity index is 1620. The van der Waals surface area contributed by atoms with Crippen LogP contribution in [0, 0.1) is 0 Å². The van der Waals surface area contributed by atoms with Crippen molar-refractivity contribution in [1.82, 2.24) is 20.4 Å². The van der Waals surface area contributed by atoms with Gasteiger partial charge in [-0.2, -0.15) is 0 Å². The zero-order valence-electron chi connectivity index (χ0n) is 20.3. The third-order valence-corrected chi connectivity index (χ3v) is 6.66. The molecule has 0 bridgehead atoms. The van der Waals surface area contributed by atoms with E-state index in [1.54, 1.807) is 0 Å². The molecule has 0 aliphatic carbocycles. The van der Waals surface area contributed by atoms with Crippen LogP contribution >= 0.6 is 15.9 Å². The number of aromatic nitrogens is 4. The fraction of sp³-hybridized carbons (Fsp3) is 0. The molecule has 38 heavy (non-hydrogen) atoms. The molecular formula is C32H22BrN5. The van der Waals surface area contributed by atoms with Gasteiger partial charge in [-0.05, 0) is 65.7 Å². The fourth-order valence-corrected chi connectivity index (χ4v) is 4.73. The Morgan fingerprint density at radius 1 is 0.395 bits per heavy atom. The summed E-state index contributed by atoms with van der Waals surface area (Å²) < 4.78 is 0.956. The van der Waals surface area contributed by atoms with E-state index in [9.17, 15) is 0 Å². The smallest absolute Gasteiger partial charge is 0.203 e. The van der Waals surface area contributed by atoms with Gasteiger partial charge in [0, 0.05) is 32.7 Å². The normalized spacial score (nSPS) is 10.8. The highest BCUT2D eigenvalue weighted by molar-refractivity contribution is 9.10. The molecule has 0 N–H and O–H groups in total. The van der Waals surface area contributed by atoms with Gasteiger partial charge in [-0.1, -0.05) is 94.8 Å². The van der Waals surface area contributed by atoms with Crippen molar-refractivity contribution in [2.45, 2.75) is 0 Å². The Kier molecular flexibility index (Phi) is 6.70. The molecular weight excluding hydrogens is 534 g/mol. The molecule has 0 fully saturated rings. The van der Waals surface area contributed by atoms with E-state index >= 15 is 0 Å². The molecule has 0 spiro atoms. The van der Waals surface area contributed by atoms with Crippen LogP contribution in [0.15, 0.2) is 138 Å². The molecule has 0 saturated carbocycles. The summed E-state index contributed by atoms with van der Waals surface area (Å²) in [6.45, 7) is 0. The molecule has 6 rings (SSSR count). The van der Waals surface area contributed by atoms with Crippen LogP contribution < -0.4 is 4.90 Å². The second-order valence-electron chi connectivity index (χ2n) is 8.69. The molecule has 5 nitrogen and oxygen atoms in total. The maximum absolute atomic E-state index is 4.35. The minimum absolute atomic E-state index is 0.488. The van der Waals surface area contributed by atoms with Crippen LogP contribution in [0.5, 0.6) is 0 Å². The highest BCUT2D eigenvalue weighted by Gasteiger charge is 2.13. The predicted molar refractivity (Wildman–Crippen MR) is 156 cm³/mol. The van der Waals surface area contributed by atoms with Crippen molar-refractivity contribution in [3.05, 3.63) is 138 Å². The standard InChI is InChI=1S/C32H22BrN5/c33-27-12-8-11-26(22-27)32-36-34-31(35-37-32)25-10-7-9-24(21-25)23-17-19-30(20-18-23)38(28-13-3-1-4-14-28)29-15-5-2-6-16-29/h1-22H. The van der Waals surface area contributed by atoms with E-state index in [1.165, 1.54) is 0 Å². The summed E-state index contributed by atoms with van der Waals surface area (Å²) in [6, 6.07) is 45.3. The average molecular weight is 556 g/mol. The highest BCUT2D eigenvalue weighted by Crippen LogP contribution is 2.35. The second-order valence-corrected chi connectivity index (χ2v) is 9.61. The van der Waals surface area contributed by atoms with Gasteiger partial charge in [0.25, 0.3) is 0 Å². The lowest BCUT2D eigenvalue weighted by molar-refractivity contribution is 0.876. The van der Waals surface area contributed by atoms with Crippen molar-refractivity contribution >= 4 is 33.0 Å². The molecule has 1 heterocycles. The van der Waals surface area contributed by atoms with E-state index < -0.39 is 0 Å². The summed E-state index contributed by atoms with van der Waals surface area (Å²) in [5.41, 5.74) is 7.20. The zero-order valence-corrected chi connectivity index (χ0v) is 21.9. The largest absolute Gasteiger partial charge is 0.311 e. The lowest BCUT2D eigenvalue weighted by Crippen LogP contribution is -2.09. The minimum atomic E-state index is 0.488. The van der Waals surface area contributed by atoms with Crippen LogP contribution in [0.4, 0.5) is 17.1 Å². The first-order valence-corrected chi connectivity index (χ1v) is 13.0. The molecule has 0 radical (unpaired) electrons. The maximum Gasteiger partial charge on any atom is 0.203 e. The third-order valence-electron chi connectivity index (χ3n) is 6.17. The number of anilines is 3. The van der Waals surface area contributed by atoms with Crippen molar-refractivity contribution in [2.75, 3.05) is 4.90 Å². The SMILES string of the molecule is Brc1cccc(-c2nnc(-c3cccc(-c4ccc(N(c5ccccc5)c5ccccc5)cc4)c3)nn2)c1. The van der Waals surface area contributed by atoms with Crippen LogP contribution in [0.25, 0.3) is 33.9 Å². The molecule has 6 aromatic rings. The molecule has 0 aliphatic heterocycles. The molecule has 182 valence electrons. The summed E-state index contributed by atoms with van der Waals surface area (Å²) in [5, 5.41) is 17.3. The van der Waals surface area contributed by atoms with Crippen molar-refractivity contribution in [3.63, 3.8) is 0 Å². The monoisotopic (exact) mass is 555 g/mol. The van der Waals surface area contributed by atoms with Gasteiger partial charge in [-0.3, -0.25) is 0 Å². The lowest BCUT2D eigenvalue weighted by Gasteiger charge is -2.25. The Morgan fingerprint density at radius 3 is 1.42 bits per heavy atom. The summed E-state index contributed by atoms with van der Waals surface area (Å²) >= 11 is 3.48. The van der Waals surface area contributed by atoms with Gasteiger partial charge in [-0.15, -0.1) is 20.4 Å². The summed E-state index contributed by atoms with van der Waals surface area (Å²) in [7, 11) is 0. The summed E-state index contributed by atoms with van der Waals surface area (Å²) in [5.74, 6) is 0.977. The molecule has 6 heteroatoms. The first kappa shape index (κ1) is 23.7. The van der Waals surface area contributed by atoms with Gasteiger partial charge in [-0.25, -0.2) is 0 Å². The molecule has 5 aromatic carbocycles. The Morgan fingerprint density at radius 2 is 0.868 bits per heavy atom. The van der Waals surface area contributed by atoms with Crippen molar-refractivity contribution in [3.8, 4) is 33.9 Å². The van der Waals surface area contributed by atoms with Gasteiger partial charge < -0.3 is 4.90 Å². The number of hydrogen-bond acceptors (Lipinski definition) is 5. The van der Waals surface area contributed by atoms with Crippen LogP contribution in [0.1, 0.15) is 0 Å². The topological polar surface area (TPSA) is 54.8 Å². The van der Waals surface area contributed by atoms with Gasteiger partial charge in [0.2, 0.25) is 11.6 Å². The molecule has 0 saturated heterocycles. The number of nitrogens with zero attached hydrogens (tertiary/aromatic N) is 5. The number of benzene rings is 5. The maximum atomic E-state index is 4.35. The number of para-hydroxylation sites is 2.